The van der Waals surface area contributed by atoms with E-state index < -0.39 is 0 Å². The molecule has 1 unspecified atom stereocenters. The van der Waals surface area contributed by atoms with E-state index in [1.807, 2.05) is 18.2 Å². The molecule has 0 aliphatic carbocycles. The summed E-state index contributed by atoms with van der Waals surface area (Å²) in [6, 6.07) is 5.53. The van der Waals surface area contributed by atoms with E-state index >= 15 is 0 Å². The fraction of sp³-hybridized carbons (Fsp3) is 0.455. The lowest BCUT2D eigenvalue weighted by atomic mass is 10.2. The Morgan fingerprint density at radius 1 is 1.50 bits per heavy atom. The zero-order valence-electron chi connectivity index (χ0n) is 8.87. The molecule has 16 heavy (non-hydrogen) atoms. The van der Waals surface area contributed by atoms with Gasteiger partial charge in [0.1, 0.15) is 0 Å². The molecule has 1 fully saturated rings. The Bertz CT molecular complexity index is 552. The van der Waals surface area contributed by atoms with Crippen molar-refractivity contribution in [3.8, 4) is 0 Å². The SMILES string of the molecule is O=c1n(CC2CCCO2)nc2ccccn12. The van der Waals surface area contributed by atoms with Crippen LogP contribution >= 0.6 is 0 Å². The Morgan fingerprint density at radius 2 is 2.44 bits per heavy atom. The number of pyridine rings is 1. The van der Waals surface area contributed by atoms with Crippen molar-refractivity contribution >= 4 is 5.65 Å². The Labute approximate surface area is 92.3 Å². The summed E-state index contributed by atoms with van der Waals surface area (Å²) in [5.74, 6) is 0. The van der Waals surface area contributed by atoms with E-state index in [1.165, 1.54) is 4.68 Å². The van der Waals surface area contributed by atoms with Crippen molar-refractivity contribution in [1.29, 1.82) is 0 Å². The molecule has 0 amide bonds. The lowest BCUT2D eigenvalue weighted by Crippen LogP contribution is -2.26. The van der Waals surface area contributed by atoms with E-state index in [2.05, 4.69) is 5.10 Å². The number of ether oxygens (including phenoxy) is 1. The Balaban J connectivity index is 1.97. The van der Waals surface area contributed by atoms with Crippen LogP contribution in [0.4, 0.5) is 0 Å². The molecular weight excluding hydrogens is 206 g/mol. The number of hydrogen-bond acceptors (Lipinski definition) is 3. The summed E-state index contributed by atoms with van der Waals surface area (Å²) in [6.45, 7) is 1.35. The summed E-state index contributed by atoms with van der Waals surface area (Å²) < 4.78 is 8.54. The van der Waals surface area contributed by atoms with Crippen LogP contribution in [0.5, 0.6) is 0 Å². The molecular formula is C11H13N3O2. The summed E-state index contributed by atoms with van der Waals surface area (Å²) in [7, 11) is 0. The van der Waals surface area contributed by atoms with Gasteiger partial charge >= 0.3 is 5.69 Å². The maximum absolute atomic E-state index is 11.9. The van der Waals surface area contributed by atoms with Gasteiger partial charge in [0.05, 0.1) is 12.6 Å². The first-order valence-corrected chi connectivity index (χ1v) is 5.50. The largest absolute Gasteiger partial charge is 0.376 e. The summed E-state index contributed by atoms with van der Waals surface area (Å²) in [5.41, 5.74) is 0.594. The molecule has 2 aromatic rings. The van der Waals surface area contributed by atoms with E-state index in [1.54, 1.807) is 10.6 Å². The molecule has 0 spiro atoms. The summed E-state index contributed by atoms with van der Waals surface area (Å²) in [5, 5.41) is 4.26. The van der Waals surface area contributed by atoms with Crippen LogP contribution < -0.4 is 5.69 Å². The van der Waals surface area contributed by atoms with Gasteiger partial charge in [0, 0.05) is 12.8 Å². The van der Waals surface area contributed by atoms with Gasteiger partial charge in [-0.1, -0.05) is 6.07 Å². The second-order valence-electron chi connectivity index (χ2n) is 4.03. The highest BCUT2D eigenvalue weighted by Gasteiger charge is 2.18. The van der Waals surface area contributed by atoms with Gasteiger partial charge in [-0.05, 0) is 25.0 Å². The van der Waals surface area contributed by atoms with Gasteiger partial charge in [-0.15, -0.1) is 5.10 Å². The van der Waals surface area contributed by atoms with Crippen LogP contribution in [0.3, 0.4) is 0 Å². The van der Waals surface area contributed by atoms with Crippen LogP contribution in [0, 0.1) is 0 Å². The van der Waals surface area contributed by atoms with Crippen molar-refractivity contribution in [3.63, 3.8) is 0 Å². The van der Waals surface area contributed by atoms with Crippen LogP contribution in [0.2, 0.25) is 0 Å². The van der Waals surface area contributed by atoms with Crippen LogP contribution in [0.1, 0.15) is 12.8 Å². The van der Waals surface area contributed by atoms with Crippen LogP contribution in [-0.4, -0.2) is 26.9 Å². The van der Waals surface area contributed by atoms with E-state index in [-0.39, 0.29) is 11.8 Å². The van der Waals surface area contributed by atoms with E-state index in [9.17, 15) is 4.79 Å². The molecule has 5 nitrogen and oxygen atoms in total. The van der Waals surface area contributed by atoms with Crippen LogP contribution in [0.15, 0.2) is 29.2 Å². The Hall–Kier alpha value is -1.62. The van der Waals surface area contributed by atoms with Gasteiger partial charge < -0.3 is 4.74 Å². The summed E-state index contributed by atoms with van der Waals surface area (Å²) >= 11 is 0. The first-order chi connectivity index (χ1) is 7.84. The topological polar surface area (TPSA) is 48.5 Å². The Morgan fingerprint density at radius 3 is 3.19 bits per heavy atom. The number of nitrogens with zero attached hydrogens (tertiary/aromatic N) is 3. The lowest BCUT2D eigenvalue weighted by Gasteiger charge is -2.06. The zero-order valence-corrected chi connectivity index (χ0v) is 8.87. The van der Waals surface area contributed by atoms with Gasteiger partial charge in [0.2, 0.25) is 0 Å². The molecule has 2 aromatic heterocycles. The van der Waals surface area contributed by atoms with Crippen LogP contribution in [-0.2, 0) is 11.3 Å². The van der Waals surface area contributed by atoms with Crippen molar-refractivity contribution in [2.45, 2.75) is 25.5 Å². The van der Waals surface area contributed by atoms with Crippen LogP contribution in [0.25, 0.3) is 5.65 Å². The highest BCUT2D eigenvalue weighted by molar-refractivity contribution is 5.35. The molecule has 0 bridgehead atoms. The average Bonchev–Trinajstić information content (AvgIpc) is 2.90. The van der Waals surface area contributed by atoms with Crippen molar-refractivity contribution in [2.24, 2.45) is 0 Å². The molecule has 3 heterocycles. The quantitative estimate of drug-likeness (QED) is 0.746. The standard InChI is InChI=1S/C11H13N3O2/c15-11-13-6-2-1-5-10(13)12-14(11)8-9-4-3-7-16-9/h1-2,5-6,9H,3-4,7-8H2. The number of fused-ring (bicyclic) bond motifs is 1. The van der Waals surface area contributed by atoms with Crippen molar-refractivity contribution < 1.29 is 4.74 Å². The van der Waals surface area contributed by atoms with Crippen molar-refractivity contribution in [3.05, 3.63) is 34.9 Å². The minimum atomic E-state index is -0.0916. The number of hydrogen-bond donors (Lipinski definition) is 0. The maximum atomic E-state index is 11.9. The van der Waals surface area contributed by atoms with Crippen molar-refractivity contribution in [1.82, 2.24) is 14.2 Å². The first-order valence-electron chi connectivity index (χ1n) is 5.50. The smallest absolute Gasteiger partial charge is 0.350 e. The van der Waals surface area contributed by atoms with Gasteiger partial charge in [0.25, 0.3) is 0 Å². The van der Waals surface area contributed by atoms with Gasteiger partial charge in [-0.25, -0.2) is 9.48 Å². The van der Waals surface area contributed by atoms with Gasteiger partial charge in [0.15, 0.2) is 5.65 Å². The molecule has 0 radical (unpaired) electrons. The molecule has 84 valence electrons. The normalized spacial score (nSPS) is 20.6. The maximum Gasteiger partial charge on any atom is 0.350 e. The lowest BCUT2D eigenvalue weighted by molar-refractivity contribution is 0.0931. The molecule has 5 heteroatoms. The minimum Gasteiger partial charge on any atom is -0.376 e. The fourth-order valence-electron chi connectivity index (χ4n) is 2.07. The highest BCUT2D eigenvalue weighted by atomic mass is 16.5. The zero-order chi connectivity index (χ0) is 11.0. The number of aromatic nitrogens is 3. The van der Waals surface area contributed by atoms with E-state index in [4.69, 9.17) is 4.74 Å². The molecule has 0 saturated carbocycles. The van der Waals surface area contributed by atoms with E-state index in [0.29, 0.717) is 12.2 Å². The predicted octanol–water partition coefficient (Wildman–Crippen LogP) is 0.675. The molecule has 0 aromatic carbocycles. The molecule has 1 aliphatic rings. The van der Waals surface area contributed by atoms with Gasteiger partial charge in [-0.2, -0.15) is 0 Å². The molecule has 0 N–H and O–H groups in total. The second kappa shape index (κ2) is 3.75. The molecule has 1 atom stereocenters. The second-order valence-corrected chi connectivity index (χ2v) is 4.03. The Kier molecular flexibility index (Phi) is 2.25. The highest BCUT2D eigenvalue weighted by Crippen LogP contribution is 2.12. The minimum absolute atomic E-state index is 0.0916. The predicted molar refractivity (Wildman–Crippen MR) is 58.4 cm³/mol. The number of rotatable bonds is 2. The monoisotopic (exact) mass is 219 g/mol. The molecule has 3 rings (SSSR count). The summed E-state index contributed by atoms with van der Waals surface area (Å²) in [4.78, 5) is 11.9. The third-order valence-corrected chi connectivity index (χ3v) is 2.89. The van der Waals surface area contributed by atoms with Crippen molar-refractivity contribution in [2.75, 3.05) is 6.61 Å². The summed E-state index contributed by atoms with van der Waals surface area (Å²) in [6.07, 6.45) is 3.96. The van der Waals surface area contributed by atoms with Gasteiger partial charge in [-0.3, -0.25) is 4.40 Å². The average molecular weight is 219 g/mol. The third-order valence-electron chi connectivity index (χ3n) is 2.89. The molecule has 1 aliphatic heterocycles. The molecule has 1 saturated heterocycles. The first kappa shape index (κ1) is 9.59. The van der Waals surface area contributed by atoms with E-state index in [0.717, 1.165) is 19.4 Å². The third kappa shape index (κ3) is 1.53. The fourth-order valence-corrected chi connectivity index (χ4v) is 2.07.